The number of nitrogens with zero attached hydrogens (tertiary/aromatic N) is 4. The maximum Gasteiger partial charge on any atom is 0.263 e. The predicted octanol–water partition coefficient (Wildman–Crippen LogP) is 4.85. The third-order valence-electron chi connectivity index (χ3n) is 6.29. The van der Waals surface area contributed by atoms with E-state index in [0.717, 1.165) is 66.3 Å². The van der Waals surface area contributed by atoms with Crippen molar-refractivity contribution in [2.75, 3.05) is 30.8 Å². The Balaban J connectivity index is 1.18. The Morgan fingerprint density at radius 3 is 2.56 bits per heavy atom. The summed E-state index contributed by atoms with van der Waals surface area (Å²) in [6, 6.07) is 12.1. The van der Waals surface area contributed by atoms with Crippen LogP contribution in [0.4, 0.5) is 13.9 Å². The molecule has 3 aromatic rings. The zero-order valence-electron chi connectivity index (χ0n) is 18.6. The minimum atomic E-state index is -0.788. The molecule has 0 N–H and O–H groups in total. The Kier molecular flexibility index (Phi) is 6.69. The number of piperidine rings is 1. The van der Waals surface area contributed by atoms with Crippen LogP contribution in [-0.2, 0) is 4.79 Å². The fourth-order valence-corrected chi connectivity index (χ4v) is 5.69. The number of hydrogen-bond donors (Lipinski definition) is 0. The van der Waals surface area contributed by atoms with Crippen LogP contribution in [0.1, 0.15) is 19.3 Å². The summed E-state index contributed by atoms with van der Waals surface area (Å²) in [5.41, 5.74) is 0.994. The Morgan fingerprint density at radius 2 is 1.82 bits per heavy atom. The van der Waals surface area contributed by atoms with E-state index in [1.807, 2.05) is 35.2 Å². The van der Waals surface area contributed by atoms with Crippen molar-refractivity contribution in [2.24, 2.45) is 0 Å². The van der Waals surface area contributed by atoms with E-state index in [9.17, 15) is 13.6 Å². The molecule has 34 heavy (non-hydrogen) atoms. The standard InChI is InChI=1S/C24H24F2N4O2S2/c1-33-21-14-17(25)20(13-18(21)26)32-19-9-12-30(23(19)31)16-7-10-29(11-8-16)24-27-22(28-34-24)15-5-3-2-4-6-15/h2-6,13-14,16,19H,7-12H2,1H3. The number of carbonyl (C=O) groups is 1. The number of hydrogen-bond acceptors (Lipinski definition) is 7. The molecule has 0 spiro atoms. The molecule has 0 bridgehead atoms. The highest BCUT2D eigenvalue weighted by Crippen LogP contribution is 2.32. The number of rotatable bonds is 6. The molecule has 2 aliphatic rings. The first-order chi connectivity index (χ1) is 16.5. The lowest BCUT2D eigenvalue weighted by molar-refractivity contribution is -0.135. The van der Waals surface area contributed by atoms with Crippen molar-refractivity contribution in [3.8, 4) is 17.1 Å². The first kappa shape index (κ1) is 23.0. The molecule has 0 aliphatic carbocycles. The molecule has 2 aliphatic heterocycles. The Morgan fingerprint density at radius 1 is 1.06 bits per heavy atom. The topological polar surface area (TPSA) is 58.6 Å². The average molecular weight is 503 g/mol. The van der Waals surface area contributed by atoms with Crippen molar-refractivity contribution in [3.05, 3.63) is 54.1 Å². The maximum absolute atomic E-state index is 14.3. The second kappa shape index (κ2) is 9.87. The molecule has 1 atom stereocenters. The molecule has 178 valence electrons. The van der Waals surface area contributed by atoms with Gasteiger partial charge >= 0.3 is 0 Å². The molecular weight excluding hydrogens is 478 g/mol. The van der Waals surface area contributed by atoms with Gasteiger partial charge in [0.15, 0.2) is 23.5 Å². The minimum Gasteiger partial charge on any atom is -0.477 e. The summed E-state index contributed by atoms with van der Waals surface area (Å²) in [4.78, 5) is 21.9. The van der Waals surface area contributed by atoms with Crippen LogP contribution >= 0.6 is 23.3 Å². The smallest absolute Gasteiger partial charge is 0.263 e. The SMILES string of the molecule is CSc1cc(F)c(OC2CCN(C3CCN(c4nc(-c5ccccc5)ns4)CC3)C2=O)cc1F. The highest BCUT2D eigenvalue weighted by molar-refractivity contribution is 7.98. The second-order valence-electron chi connectivity index (χ2n) is 8.33. The number of thioether (sulfide) groups is 1. The van der Waals surface area contributed by atoms with E-state index in [1.165, 1.54) is 11.5 Å². The molecule has 10 heteroatoms. The van der Waals surface area contributed by atoms with Gasteiger partial charge in [-0.1, -0.05) is 30.3 Å². The van der Waals surface area contributed by atoms with Crippen molar-refractivity contribution in [2.45, 2.75) is 36.3 Å². The molecule has 2 saturated heterocycles. The largest absolute Gasteiger partial charge is 0.477 e. The van der Waals surface area contributed by atoms with Gasteiger partial charge in [0.1, 0.15) is 5.82 Å². The number of anilines is 1. The monoisotopic (exact) mass is 502 g/mol. The van der Waals surface area contributed by atoms with Gasteiger partial charge in [0.25, 0.3) is 5.91 Å². The van der Waals surface area contributed by atoms with E-state index in [-0.39, 0.29) is 22.6 Å². The zero-order valence-corrected chi connectivity index (χ0v) is 20.2. The van der Waals surface area contributed by atoms with Crippen LogP contribution in [-0.4, -0.2) is 58.2 Å². The number of benzene rings is 2. The van der Waals surface area contributed by atoms with Gasteiger partial charge < -0.3 is 14.5 Å². The van der Waals surface area contributed by atoms with E-state index < -0.39 is 17.7 Å². The molecule has 1 amide bonds. The first-order valence-corrected chi connectivity index (χ1v) is 13.2. The van der Waals surface area contributed by atoms with Gasteiger partial charge in [-0.15, -0.1) is 11.8 Å². The first-order valence-electron chi connectivity index (χ1n) is 11.2. The third kappa shape index (κ3) is 4.61. The summed E-state index contributed by atoms with van der Waals surface area (Å²) in [6.45, 7) is 2.11. The Labute approximate surface area is 205 Å². The summed E-state index contributed by atoms with van der Waals surface area (Å²) in [5, 5.41) is 0.887. The van der Waals surface area contributed by atoms with Crippen molar-refractivity contribution in [3.63, 3.8) is 0 Å². The van der Waals surface area contributed by atoms with E-state index in [4.69, 9.17) is 9.72 Å². The van der Waals surface area contributed by atoms with Crippen molar-refractivity contribution in [1.82, 2.24) is 14.3 Å². The maximum atomic E-state index is 14.3. The lowest BCUT2D eigenvalue weighted by atomic mass is 10.0. The quantitative estimate of drug-likeness (QED) is 0.449. The van der Waals surface area contributed by atoms with E-state index in [2.05, 4.69) is 9.27 Å². The fourth-order valence-electron chi connectivity index (χ4n) is 4.47. The number of amides is 1. The summed E-state index contributed by atoms with van der Waals surface area (Å²) >= 11 is 2.51. The second-order valence-corrected chi connectivity index (χ2v) is 9.91. The van der Waals surface area contributed by atoms with Crippen LogP contribution in [0.25, 0.3) is 11.4 Å². The van der Waals surface area contributed by atoms with Gasteiger partial charge in [-0.2, -0.15) is 9.36 Å². The van der Waals surface area contributed by atoms with Crippen LogP contribution in [0.5, 0.6) is 5.75 Å². The Hall–Kier alpha value is -2.72. The Bertz CT molecular complexity index is 1170. The average Bonchev–Trinajstić information content (AvgIpc) is 3.49. The van der Waals surface area contributed by atoms with Crippen LogP contribution in [0.15, 0.2) is 47.4 Å². The van der Waals surface area contributed by atoms with Crippen LogP contribution in [0.3, 0.4) is 0 Å². The van der Waals surface area contributed by atoms with E-state index >= 15 is 0 Å². The zero-order chi connectivity index (χ0) is 23.7. The van der Waals surface area contributed by atoms with Crippen LogP contribution in [0.2, 0.25) is 0 Å². The lowest BCUT2D eigenvalue weighted by Crippen LogP contribution is -2.47. The molecule has 0 saturated carbocycles. The fraction of sp³-hybridized carbons (Fsp3) is 0.375. The number of carbonyl (C=O) groups excluding carboxylic acids is 1. The molecule has 1 unspecified atom stereocenters. The molecule has 0 radical (unpaired) electrons. The van der Waals surface area contributed by atoms with Gasteiger partial charge in [-0.3, -0.25) is 4.79 Å². The number of ether oxygens (including phenoxy) is 1. The van der Waals surface area contributed by atoms with E-state index in [1.54, 1.807) is 6.26 Å². The molecule has 1 aromatic heterocycles. The molecule has 2 fully saturated rings. The van der Waals surface area contributed by atoms with Gasteiger partial charge in [-0.25, -0.2) is 8.78 Å². The van der Waals surface area contributed by atoms with Gasteiger partial charge in [0.2, 0.25) is 5.13 Å². The molecule has 2 aromatic carbocycles. The van der Waals surface area contributed by atoms with E-state index in [0.29, 0.717) is 13.0 Å². The normalized spacial score (nSPS) is 19.1. The predicted molar refractivity (Wildman–Crippen MR) is 129 cm³/mol. The van der Waals surface area contributed by atoms with Gasteiger partial charge in [0, 0.05) is 60.2 Å². The van der Waals surface area contributed by atoms with Crippen molar-refractivity contribution >= 4 is 34.3 Å². The summed E-state index contributed by atoms with van der Waals surface area (Å²) in [5.74, 6) is -0.847. The minimum absolute atomic E-state index is 0.0966. The van der Waals surface area contributed by atoms with Crippen LogP contribution in [0, 0.1) is 11.6 Å². The third-order valence-corrected chi connectivity index (χ3v) is 7.82. The van der Waals surface area contributed by atoms with Crippen LogP contribution < -0.4 is 9.64 Å². The lowest BCUT2D eigenvalue weighted by Gasteiger charge is -2.36. The molecular formula is C24H24F2N4O2S2. The van der Waals surface area contributed by atoms with Gasteiger partial charge in [-0.05, 0) is 25.2 Å². The summed E-state index contributed by atoms with van der Waals surface area (Å²) < 4.78 is 38.5. The summed E-state index contributed by atoms with van der Waals surface area (Å²) in [7, 11) is 0. The highest BCUT2D eigenvalue weighted by Gasteiger charge is 2.39. The molecule has 5 rings (SSSR count). The van der Waals surface area contributed by atoms with Crippen molar-refractivity contribution < 1.29 is 18.3 Å². The number of aromatic nitrogens is 2. The molecule has 3 heterocycles. The number of likely N-dealkylation sites (tertiary alicyclic amines) is 1. The highest BCUT2D eigenvalue weighted by atomic mass is 32.2. The van der Waals surface area contributed by atoms with Crippen molar-refractivity contribution in [1.29, 1.82) is 0 Å². The molecule has 6 nitrogen and oxygen atoms in total. The number of halogens is 2. The summed E-state index contributed by atoms with van der Waals surface area (Å²) in [6.07, 6.45) is 2.97. The van der Waals surface area contributed by atoms with Gasteiger partial charge in [0.05, 0.1) is 0 Å².